The summed E-state index contributed by atoms with van der Waals surface area (Å²) in [6.45, 7) is 1.95. The lowest BCUT2D eigenvalue weighted by atomic mass is 9.91. The number of aryl methyl sites for hydroxylation is 1. The number of benzene rings is 2. The number of carbonyl (C=O) groups excluding carboxylic acids is 2. The number of hydrogen-bond donors (Lipinski definition) is 4. The van der Waals surface area contributed by atoms with Crippen LogP contribution in [-0.2, 0) is 16.0 Å². The molecule has 0 aliphatic heterocycles. The average Bonchev–Trinajstić information content (AvgIpc) is 2.81. The highest BCUT2D eigenvalue weighted by atomic mass is 32.2. The molecule has 0 unspecified atom stereocenters. The highest BCUT2D eigenvalue weighted by molar-refractivity contribution is 7.98. The first-order valence-electron chi connectivity index (χ1n) is 10.8. The van der Waals surface area contributed by atoms with Crippen LogP contribution in [0.3, 0.4) is 0 Å². The number of aliphatic hydroxyl groups excluding tert-OH is 2. The summed E-state index contributed by atoms with van der Waals surface area (Å²) >= 11 is 1.61. The van der Waals surface area contributed by atoms with Gasteiger partial charge in [0, 0.05) is 23.3 Å². The molecule has 2 amide bonds. The number of hydrogen-bond acceptors (Lipinski definition) is 7. The second kappa shape index (κ2) is 11.4. The smallest absolute Gasteiger partial charge is 0.247 e. The van der Waals surface area contributed by atoms with Gasteiger partial charge in [-0.15, -0.1) is 11.8 Å². The van der Waals surface area contributed by atoms with Gasteiger partial charge in [-0.2, -0.15) is 0 Å². The van der Waals surface area contributed by atoms with Crippen LogP contribution in [0.2, 0.25) is 0 Å². The maximum absolute atomic E-state index is 12.9. The predicted octanol–water partition coefficient (Wildman–Crippen LogP) is 1.74. The number of aliphatic hydroxyl groups is 2. The summed E-state index contributed by atoms with van der Waals surface area (Å²) < 4.78 is 11.0. The molecule has 0 saturated heterocycles. The Balaban J connectivity index is 1.74. The van der Waals surface area contributed by atoms with Crippen molar-refractivity contribution in [3.8, 4) is 11.5 Å². The zero-order chi connectivity index (χ0) is 24.8. The van der Waals surface area contributed by atoms with Crippen LogP contribution in [0.4, 0.5) is 0 Å². The number of primary amides is 1. The topological polar surface area (TPSA) is 131 Å². The number of thioether (sulfide) groups is 1. The summed E-state index contributed by atoms with van der Waals surface area (Å²) in [5.74, 6) is -0.0456. The van der Waals surface area contributed by atoms with E-state index in [1.165, 1.54) is 6.08 Å². The summed E-state index contributed by atoms with van der Waals surface area (Å²) in [7, 11) is 1.56. The van der Waals surface area contributed by atoms with E-state index in [-0.39, 0.29) is 18.4 Å². The number of rotatable bonds is 9. The summed E-state index contributed by atoms with van der Waals surface area (Å²) in [5, 5.41) is 23.4. The number of carbonyl (C=O) groups is 2. The third kappa shape index (κ3) is 6.31. The molecule has 0 saturated carbocycles. The molecule has 4 atom stereocenters. The highest BCUT2D eigenvalue weighted by Crippen LogP contribution is 2.28. The number of ether oxygens (including phenoxy) is 2. The Hall–Kier alpha value is -3.01. The first-order valence-corrected chi connectivity index (χ1v) is 12.1. The van der Waals surface area contributed by atoms with E-state index in [1.807, 2.05) is 25.3 Å². The normalized spacial score (nSPS) is 20.7. The minimum Gasteiger partial charge on any atom is -0.497 e. The maximum Gasteiger partial charge on any atom is 0.247 e. The fourth-order valence-corrected chi connectivity index (χ4v) is 4.34. The van der Waals surface area contributed by atoms with Crippen molar-refractivity contribution in [2.24, 2.45) is 5.73 Å². The number of nitrogens with one attached hydrogen (secondary N) is 1. The largest absolute Gasteiger partial charge is 0.497 e. The molecule has 0 bridgehead atoms. The third-order valence-corrected chi connectivity index (χ3v) is 6.60. The number of nitrogens with two attached hydrogens (primary N) is 1. The van der Waals surface area contributed by atoms with Crippen LogP contribution in [0.1, 0.15) is 17.5 Å². The highest BCUT2D eigenvalue weighted by Gasteiger charge is 2.35. The lowest BCUT2D eigenvalue weighted by Gasteiger charge is -2.31. The second-order valence-electron chi connectivity index (χ2n) is 8.15. The van der Waals surface area contributed by atoms with Crippen molar-refractivity contribution >= 4 is 23.6 Å². The van der Waals surface area contributed by atoms with Crippen LogP contribution in [0.5, 0.6) is 11.5 Å². The van der Waals surface area contributed by atoms with Gasteiger partial charge in [0.1, 0.15) is 29.7 Å². The van der Waals surface area contributed by atoms with Gasteiger partial charge in [-0.05, 0) is 60.7 Å². The Labute approximate surface area is 203 Å². The van der Waals surface area contributed by atoms with Crippen molar-refractivity contribution in [2.45, 2.75) is 49.0 Å². The molecule has 9 heteroatoms. The molecule has 0 spiro atoms. The van der Waals surface area contributed by atoms with E-state index >= 15 is 0 Å². The van der Waals surface area contributed by atoms with Gasteiger partial charge in [0.25, 0.3) is 0 Å². The molecule has 0 fully saturated rings. The Morgan fingerprint density at radius 2 is 1.85 bits per heavy atom. The van der Waals surface area contributed by atoms with E-state index in [9.17, 15) is 19.8 Å². The van der Waals surface area contributed by atoms with E-state index in [4.69, 9.17) is 15.2 Å². The Kier molecular flexibility index (Phi) is 8.60. The van der Waals surface area contributed by atoms with Crippen LogP contribution in [0.15, 0.2) is 59.0 Å². The van der Waals surface area contributed by atoms with Gasteiger partial charge in [-0.1, -0.05) is 12.1 Å². The second-order valence-corrected chi connectivity index (χ2v) is 9.00. The molecular formula is C25H30N2O6S. The molecule has 2 aromatic rings. The predicted molar refractivity (Wildman–Crippen MR) is 130 cm³/mol. The molecule has 8 nitrogen and oxygen atoms in total. The molecular weight excluding hydrogens is 456 g/mol. The van der Waals surface area contributed by atoms with E-state index in [1.54, 1.807) is 49.2 Å². The van der Waals surface area contributed by atoms with Gasteiger partial charge in [0.05, 0.1) is 13.2 Å². The fraction of sp³-hybridized carbons (Fsp3) is 0.360. The third-order valence-electron chi connectivity index (χ3n) is 5.70. The summed E-state index contributed by atoms with van der Waals surface area (Å²) in [4.78, 5) is 26.0. The van der Waals surface area contributed by atoms with Crippen molar-refractivity contribution < 1.29 is 29.3 Å². The van der Waals surface area contributed by atoms with Crippen molar-refractivity contribution in [3.05, 3.63) is 65.2 Å². The van der Waals surface area contributed by atoms with Crippen molar-refractivity contribution in [3.63, 3.8) is 0 Å². The Morgan fingerprint density at radius 1 is 1.18 bits per heavy atom. The SMILES string of the molecule is COc1ccc(C[C@H](NC(=O)C2=C[C@H](Oc3ccc(SC)c(C)c3)[C@H](O)[C@H](O)C2)C(N)=O)cc1. The monoisotopic (exact) mass is 486 g/mol. The van der Waals surface area contributed by atoms with E-state index in [0.717, 1.165) is 16.0 Å². The van der Waals surface area contributed by atoms with Gasteiger partial charge in [-0.25, -0.2) is 0 Å². The van der Waals surface area contributed by atoms with Crippen LogP contribution < -0.4 is 20.5 Å². The molecule has 0 aromatic heterocycles. The first kappa shape index (κ1) is 25.6. The molecule has 0 radical (unpaired) electrons. The summed E-state index contributed by atoms with van der Waals surface area (Å²) in [5.41, 5.74) is 7.54. The van der Waals surface area contributed by atoms with Gasteiger partial charge < -0.3 is 30.7 Å². The van der Waals surface area contributed by atoms with Crippen molar-refractivity contribution in [2.75, 3.05) is 13.4 Å². The Morgan fingerprint density at radius 3 is 2.44 bits per heavy atom. The quantitative estimate of drug-likeness (QED) is 0.397. The van der Waals surface area contributed by atoms with E-state index in [2.05, 4.69) is 5.32 Å². The van der Waals surface area contributed by atoms with Gasteiger partial charge >= 0.3 is 0 Å². The lowest BCUT2D eigenvalue weighted by molar-refractivity contribution is -0.126. The van der Waals surface area contributed by atoms with Crippen molar-refractivity contribution in [1.29, 1.82) is 0 Å². The molecule has 1 aliphatic carbocycles. The standard InChI is InChI=1S/C25H30N2O6S/c1-14-10-18(8-9-22(14)34-3)33-21-13-16(12-20(28)23(21)29)25(31)27-19(24(26)30)11-15-4-6-17(32-2)7-5-15/h4-10,13,19-21,23,28-29H,11-12H2,1-3H3,(H2,26,30)(H,27,31)/t19-,20+,21-,23+/m0/s1. The average molecular weight is 487 g/mol. The summed E-state index contributed by atoms with van der Waals surface area (Å²) in [6, 6.07) is 11.7. The molecule has 182 valence electrons. The zero-order valence-electron chi connectivity index (χ0n) is 19.4. The van der Waals surface area contributed by atoms with Gasteiger partial charge in [-0.3, -0.25) is 9.59 Å². The maximum atomic E-state index is 12.9. The van der Waals surface area contributed by atoms with E-state index < -0.39 is 36.2 Å². The minimum atomic E-state index is -1.21. The molecule has 5 N–H and O–H groups in total. The molecule has 34 heavy (non-hydrogen) atoms. The molecule has 2 aromatic carbocycles. The molecule has 1 aliphatic rings. The van der Waals surface area contributed by atoms with Gasteiger partial charge in [0.2, 0.25) is 11.8 Å². The Bertz CT molecular complexity index is 1060. The summed E-state index contributed by atoms with van der Waals surface area (Å²) in [6.07, 6.45) is 0.245. The van der Waals surface area contributed by atoms with Gasteiger partial charge in [0.15, 0.2) is 0 Å². The van der Waals surface area contributed by atoms with E-state index in [0.29, 0.717) is 11.5 Å². The number of methoxy groups -OCH3 is 1. The minimum absolute atomic E-state index is 0.0781. The molecule has 3 rings (SSSR count). The van der Waals surface area contributed by atoms with Crippen LogP contribution >= 0.6 is 11.8 Å². The fourth-order valence-electron chi connectivity index (χ4n) is 3.75. The zero-order valence-corrected chi connectivity index (χ0v) is 20.2. The lowest BCUT2D eigenvalue weighted by Crippen LogP contribution is -2.49. The first-order chi connectivity index (χ1) is 16.2. The van der Waals surface area contributed by atoms with Crippen molar-refractivity contribution in [1.82, 2.24) is 5.32 Å². The number of amides is 2. The van der Waals surface area contributed by atoms with Crippen LogP contribution in [0, 0.1) is 6.92 Å². The van der Waals surface area contributed by atoms with Crippen LogP contribution in [0.25, 0.3) is 0 Å². The van der Waals surface area contributed by atoms with Crippen LogP contribution in [-0.4, -0.2) is 59.7 Å². The molecule has 0 heterocycles.